The van der Waals surface area contributed by atoms with Gasteiger partial charge in [-0.3, -0.25) is 4.78 Å². The third-order valence-corrected chi connectivity index (χ3v) is 6.76. The fourth-order valence-corrected chi connectivity index (χ4v) is 5.53. The quantitative estimate of drug-likeness (QED) is 0.841. The van der Waals surface area contributed by atoms with Gasteiger partial charge in [-0.2, -0.15) is 4.31 Å². The molecule has 2 atom stereocenters. The second-order valence-electron chi connectivity index (χ2n) is 4.08. The van der Waals surface area contributed by atoms with Gasteiger partial charge in [0.2, 0.25) is 10.0 Å². The van der Waals surface area contributed by atoms with Gasteiger partial charge >= 0.3 is 5.97 Å². The molecular formula is C11H13ClN2O4S2. The maximum Gasteiger partial charge on any atom is 0.335 e. The third kappa shape index (κ3) is 2.73. The lowest BCUT2D eigenvalue weighted by Gasteiger charge is -2.21. The minimum Gasteiger partial charge on any atom is -0.467 e. The lowest BCUT2D eigenvalue weighted by molar-refractivity contribution is -0.141. The Morgan fingerprint density at radius 3 is 2.60 bits per heavy atom. The molecule has 1 N–H and O–H groups in total. The molecule has 0 spiro atoms. The summed E-state index contributed by atoms with van der Waals surface area (Å²) in [5, 5.41) is -0.643. The average Bonchev–Trinajstić information content (AvgIpc) is 2.81. The van der Waals surface area contributed by atoms with Crippen LogP contribution < -0.4 is 0 Å². The van der Waals surface area contributed by atoms with Crippen molar-refractivity contribution in [1.29, 1.82) is 4.78 Å². The molecule has 2 rings (SSSR count). The molecule has 1 saturated heterocycles. The van der Waals surface area contributed by atoms with Gasteiger partial charge in [-0.05, 0) is 24.3 Å². The van der Waals surface area contributed by atoms with Crippen molar-refractivity contribution in [1.82, 2.24) is 4.31 Å². The number of halogens is 1. The fourth-order valence-electron chi connectivity index (χ4n) is 1.88. The van der Waals surface area contributed by atoms with Crippen molar-refractivity contribution in [3.63, 3.8) is 0 Å². The summed E-state index contributed by atoms with van der Waals surface area (Å²) in [6.07, 6.45) is 0. The SMILES string of the molecule is COC(=O)C1N(S(=O)(=O)c2ccc(Cl)cc2)CCS1=N. The van der Waals surface area contributed by atoms with Crippen molar-refractivity contribution in [2.75, 3.05) is 19.4 Å². The van der Waals surface area contributed by atoms with Gasteiger partial charge in [0.25, 0.3) is 0 Å². The molecule has 0 aliphatic carbocycles. The first-order valence-corrected chi connectivity index (χ1v) is 8.91. The topological polar surface area (TPSA) is 87.5 Å². The van der Waals surface area contributed by atoms with E-state index in [-0.39, 0.29) is 11.4 Å². The van der Waals surface area contributed by atoms with Crippen molar-refractivity contribution >= 4 is 38.3 Å². The Balaban J connectivity index is 2.40. The first-order chi connectivity index (χ1) is 9.37. The van der Waals surface area contributed by atoms with E-state index >= 15 is 0 Å². The van der Waals surface area contributed by atoms with Crippen LogP contribution in [0.15, 0.2) is 29.2 Å². The summed E-state index contributed by atoms with van der Waals surface area (Å²) in [6.45, 7) is 0.136. The molecule has 1 aliphatic heterocycles. The zero-order valence-corrected chi connectivity index (χ0v) is 13.0. The van der Waals surface area contributed by atoms with Crippen LogP contribution in [0.5, 0.6) is 0 Å². The second kappa shape index (κ2) is 5.80. The van der Waals surface area contributed by atoms with Crippen LogP contribution in [0, 0.1) is 4.78 Å². The van der Waals surface area contributed by atoms with Crippen LogP contribution in [-0.4, -0.2) is 43.5 Å². The molecule has 6 nitrogen and oxygen atoms in total. The molecule has 0 bridgehead atoms. The Labute approximate surface area is 124 Å². The van der Waals surface area contributed by atoms with Crippen LogP contribution in [0.25, 0.3) is 0 Å². The van der Waals surface area contributed by atoms with E-state index in [4.69, 9.17) is 16.4 Å². The minimum atomic E-state index is -3.83. The summed E-state index contributed by atoms with van der Waals surface area (Å²) >= 11 is 5.73. The zero-order valence-electron chi connectivity index (χ0n) is 10.6. The molecule has 1 fully saturated rings. The second-order valence-corrected chi connectivity index (χ2v) is 8.12. The molecule has 1 aliphatic rings. The molecular weight excluding hydrogens is 324 g/mol. The van der Waals surface area contributed by atoms with Crippen molar-refractivity contribution in [2.45, 2.75) is 10.3 Å². The Hall–Kier alpha value is -0.960. The van der Waals surface area contributed by atoms with Crippen LogP contribution in [0.4, 0.5) is 0 Å². The van der Waals surface area contributed by atoms with E-state index in [9.17, 15) is 13.2 Å². The Bertz CT molecular complexity index is 645. The Morgan fingerprint density at radius 1 is 1.45 bits per heavy atom. The number of sulfonamides is 1. The van der Waals surface area contributed by atoms with Gasteiger partial charge < -0.3 is 4.74 Å². The number of hydrogen-bond donors (Lipinski definition) is 1. The van der Waals surface area contributed by atoms with E-state index in [2.05, 4.69) is 4.74 Å². The summed E-state index contributed by atoms with van der Waals surface area (Å²) < 4.78 is 38.5. The maximum atomic E-state index is 12.5. The predicted octanol–water partition coefficient (Wildman–Crippen LogP) is 1.22. The molecule has 0 aromatic heterocycles. The molecule has 1 heterocycles. The number of esters is 1. The van der Waals surface area contributed by atoms with Crippen LogP contribution >= 0.6 is 11.6 Å². The number of carbonyl (C=O) groups is 1. The number of carbonyl (C=O) groups excluding carboxylic acids is 1. The van der Waals surface area contributed by atoms with Crippen LogP contribution in [-0.2, 0) is 30.2 Å². The van der Waals surface area contributed by atoms with Gasteiger partial charge in [0.05, 0.1) is 12.0 Å². The zero-order chi connectivity index (χ0) is 14.9. The largest absolute Gasteiger partial charge is 0.467 e. The molecule has 0 amide bonds. The van der Waals surface area contributed by atoms with Gasteiger partial charge in [-0.15, -0.1) is 0 Å². The molecule has 2 unspecified atom stereocenters. The number of ether oxygens (including phenoxy) is 1. The normalized spacial score (nSPS) is 23.7. The number of methoxy groups -OCH3 is 1. The molecule has 1 aromatic carbocycles. The predicted molar refractivity (Wildman–Crippen MR) is 76.1 cm³/mol. The van der Waals surface area contributed by atoms with Crippen molar-refractivity contribution in [2.24, 2.45) is 0 Å². The molecule has 0 radical (unpaired) electrons. The van der Waals surface area contributed by atoms with E-state index in [1.807, 2.05) is 0 Å². The van der Waals surface area contributed by atoms with Gasteiger partial charge in [0, 0.05) is 17.3 Å². The van der Waals surface area contributed by atoms with Crippen LogP contribution in [0.3, 0.4) is 0 Å². The van der Waals surface area contributed by atoms with E-state index in [0.717, 1.165) is 4.31 Å². The smallest absolute Gasteiger partial charge is 0.335 e. The highest BCUT2D eigenvalue weighted by atomic mass is 35.5. The number of rotatable bonds is 3. The van der Waals surface area contributed by atoms with Crippen molar-refractivity contribution in [3.8, 4) is 0 Å². The fraction of sp³-hybridized carbons (Fsp3) is 0.364. The number of nitrogens with one attached hydrogen (secondary N) is 1. The average molecular weight is 337 g/mol. The first-order valence-electron chi connectivity index (χ1n) is 5.64. The van der Waals surface area contributed by atoms with Gasteiger partial charge in [-0.25, -0.2) is 13.2 Å². The molecule has 1 aromatic rings. The van der Waals surface area contributed by atoms with E-state index in [1.54, 1.807) is 0 Å². The first kappa shape index (κ1) is 15.4. The van der Waals surface area contributed by atoms with Crippen LogP contribution in [0.2, 0.25) is 5.02 Å². The lowest BCUT2D eigenvalue weighted by Crippen LogP contribution is -2.42. The Kier molecular flexibility index (Phi) is 4.48. The van der Waals surface area contributed by atoms with Crippen molar-refractivity contribution < 1.29 is 17.9 Å². The summed E-state index contributed by atoms with van der Waals surface area (Å²) in [5.41, 5.74) is 0. The highest BCUT2D eigenvalue weighted by molar-refractivity contribution is 7.92. The number of hydrogen-bond acceptors (Lipinski definition) is 5. The van der Waals surface area contributed by atoms with Gasteiger partial charge in [-0.1, -0.05) is 22.3 Å². The molecule has 9 heteroatoms. The summed E-state index contributed by atoms with van der Waals surface area (Å²) in [5.74, 6) is -0.370. The van der Waals surface area contributed by atoms with E-state index in [0.29, 0.717) is 10.8 Å². The molecule has 110 valence electrons. The van der Waals surface area contributed by atoms with E-state index in [1.165, 1.54) is 31.4 Å². The monoisotopic (exact) mass is 336 g/mol. The van der Waals surface area contributed by atoms with Crippen molar-refractivity contribution in [3.05, 3.63) is 29.3 Å². The van der Waals surface area contributed by atoms with Gasteiger partial charge in [0.1, 0.15) is 0 Å². The highest BCUT2D eigenvalue weighted by Crippen LogP contribution is 2.26. The minimum absolute atomic E-state index is 0.0507. The highest BCUT2D eigenvalue weighted by Gasteiger charge is 2.43. The summed E-state index contributed by atoms with van der Waals surface area (Å²) in [4.78, 5) is 11.8. The van der Waals surface area contributed by atoms with Gasteiger partial charge in [0.15, 0.2) is 5.37 Å². The third-order valence-electron chi connectivity index (χ3n) is 2.89. The van der Waals surface area contributed by atoms with E-state index < -0.39 is 32.1 Å². The molecule has 0 saturated carbocycles. The Morgan fingerprint density at radius 2 is 2.05 bits per heavy atom. The summed E-state index contributed by atoms with van der Waals surface area (Å²) in [6, 6.07) is 5.70. The standard InChI is InChI=1S/C11H13ClN2O4S2/c1-18-11(15)10-14(6-7-19(10)13)20(16,17)9-4-2-8(12)3-5-9/h2-5,10,13H,6-7H2,1H3. The number of benzene rings is 1. The molecule has 20 heavy (non-hydrogen) atoms. The summed E-state index contributed by atoms with van der Waals surface area (Å²) in [7, 11) is -3.75. The van der Waals surface area contributed by atoms with Crippen LogP contribution in [0.1, 0.15) is 0 Å². The number of nitrogens with zero attached hydrogens (tertiary/aromatic N) is 1. The lowest BCUT2D eigenvalue weighted by atomic mass is 10.4. The maximum absolute atomic E-state index is 12.5.